The van der Waals surface area contributed by atoms with E-state index in [1.807, 2.05) is 0 Å². The predicted octanol–water partition coefficient (Wildman–Crippen LogP) is 1.51. The van der Waals surface area contributed by atoms with Crippen molar-refractivity contribution in [2.45, 2.75) is 0 Å². The van der Waals surface area contributed by atoms with Gasteiger partial charge in [-0.3, -0.25) is 9.69 Å². The minimum Gasteiger partial charge on any atom is -0.508 e. The topological polar surface area (TPSA) is 49.8 Å². The summed E-state index contributed by atoms with van der Waals surface area (Å²) in [4.78, 5) is 12.8. The van der Waals surface area contributed by atoms with Gasteiger partial charge in [0.05, 0.1) is 0 Å². The van der Waals surface area contributed by atoms with E-state index in [1.165, 1.54) is 17.0 Å². The molecule has 82 valence electrons. The molecule has 0 saturated carbocycles. The minimum atomic E-state index is -0.266. The molecule has 0 unspecified atom stereocenters. The number of carbonyl (C=O) groups excluding carboxylic acids is 1. The number of aromatic hydroxyl groups is 1. The Morgan fingerprint density at radius 3 is 2.50 bits per heavy atom. The smallest absolute Gasteiger partial charge is 0.296 e. The van der Waals surface area contributed by atoms with Crippen LogP contribution in [-0.4, -0.2) is 28.1 Å². The van der Waals surface area contributed by atoms with Gasteiger partial charge in [-0.25, -0.2) is 0 Å². The molecule has 0 atom stereocenters. The maximum Gasteiger partial charge on any atom is 0.296 e. The molecule has 1 aromatic rings. The number of amides is 1. The number of carbonyl (C=O) groups is 1. The van der Waals surface area contributed by atoms with Crippen LogP contribution in [0.5, 0.6) is 5.75 Å². The van der Waals surface area contributed by atoms with Gasteiger partial charge in [-0.05, 0) is 36.0 Å². The maximum absolute atomic E-state index is 11.6. The number of ether oxygens (including phenoxy) is 1. The molecular weight excluding hydrogens is 226 g/mol. The Hall–Kier alpha value is -1.88. The Bertz CT molecular complexity index is 479. The van der Waals surface area contributed by atoms with Gasteiger partial charge in [0.1, 0.15) is 5.75 Å². The molecule has 5 heteroatoms. The van der Waals surface area contributed by atoms with Gasteiger partial charge in [-0.1, -0.05) is 12.1 Å². The second kappa shape index (κ2) is 3.94. The highest BCUT2D eigenvalue weighted by atomic mass is 32.1. The molecular formula is C11H9NO3S. The van der Waals surface area contributed by atoms with E-state index in [2.05, 4.69) is 0 Å². The minimum absolute atomic E-state index is 0.148. The molecule has 1 N–H and O–H groups in total. The molecule has 4 nitrogen and oxygen atoms in total. The summed E-state index contributed by atoms with van der Waals surface area (Å²) >= 11 is 4.83. The van der Waals surface area contributed by atoms with E-state index in [1.54, 1.807) is 25.3 Å². The van der Waals surface area contributed by atoms with Crippen molar-refractivity contribution >= 4 is 29.4 Å². The zero-order valence-electron chi connectivity index (χ0n) is 8.51. The molecule has 1 saturated heterocycles. The number of nitrogens with zero attached hydrogens (tertiary/aromatic N) is 1. The fraction of sp³-hybridized carbons (Fsp3) is 0.0909. The number of likely N-dealkylation sites (N-methyl/N-ethyl adjacent to an activating group) is 1. The molecule has 0 aliphatic carbocycles. The Morgan fingerprint density at radius 2 is 2.00 bits per heavy atom. The van der Waals surface area contributed by atoms with Crippen LogP contribution in [0.2, 0.25) is 0 Å². The van der Waals surface area contributed by atoms with Gasteiger partial charge in [0.15, 0.2) is 5.76 Å². The molecule has 1 fully saturated rings. The monoisotopic (exact) mass is 235 g/mol. The normalized spacial score (nSPS) is 18.1. The first-order chi connectivity index (χ1) is 7.58. The third-order valence-electron chi connectivity index (χ3n) is 2.18. The lowest BCUT2D eigenvalue weighted by atomic mass is 10.2. The Labute approximate surface area is 97.7 Å². The molecule has 0 bridgehead atoms. The average molecular weight is 235 g/mol. The summed E-state index contributed by atoms with van der Waals surface area (Å²) < 4.78 is 5.13. The van der Waals surface area contributed by atoms with Gasteiger partial charge in [-0.15, -0.1) is 0 Å². The van der Waals surface area contributed by atoms with Crippen LogP contribution in [-0.2, 0) is 9.53 Å². The van der Waals surface area contributed by atoms with Gasteiger partial charge in [0, 0.05) is 7.05 Å². The van der Waals surface area contributed by atoms with Gasteiger partial charge >= 0.3 is 0 Å². The first-order valence-corrected chi connectivity index (χ1v) is 4.99. The standard InChI is InChI=1S/C11H9NO3S/c1-12-10(14)9(15-11(12)16)6-7-2-4-8(13)5-3-7/h2-6,13H,1H3/b9-6+. The van der Waals surface area contributed by atoms with Crippen molar-refractivity contribution in [3.05, 3.63) is 35.6 Å². The van der Waals surface area contributed by atoms with Crippen molar-refractivity contribution in [3.8, 4) is 5.75 Å². The molecule has 1 aliphatic rings. The summed E-state index contributed by atoms with van der Waals surface area (Å²) in [6, 6.07) is 6.43. The third kappa shape index (κ3) is 1.90. The van der Waals surface area contributed by atoms with Crippen LogP contribution < -0.4 is 0 Å². The average Bonchev–Trinajstić information content (AvgIpc) is 2.50. The third-order valence-corrected chi connectivity index (χ3v) is 2.53. The zero-order chi connectivity index (χ0) is 11.7. The van der Waals surface area contributed by atoms with Crippen LogP contribution in [0.25, 0.3) is 6.08 Å². The quantitative estimate of drug-likeness (QED) is 0.592. The van der Waals surface area contributed by atoms with E-state index < -0.39 is 0 Å². The van der Waals surface area contributed by atoms with Crippen LogP contribution in [0, 0.1) is 0 Å². The van der Waals surface area contributed by atoms with Crippen LogP contribution in [0.4, 0.5) is 0 Å². The van der Waals surface area contributed by atoms with Crippen LogP contribution >= 0.6 is 12.2 Å². The summed E-state index contributed by atoms with van der Waals surface area (Å²) in [7, 11) is 1.56. The molecule has 16 heavy (non-hydrogen) atoms. The largest absolute Gasteiger partial charge is 0.508 e. The number of phenols is 1. The first kappa shape index (κ1) is 10.6. The van der Waals surface area contributed by atoms with E-state index >= 15 is 0 Å². The highest BCUT2D eigenvalue weighted by Crippen LogP contribution is 2.19. The van der Waals surface area contributed by atoms with Crippen molar-refractivity contribution in [3.63, 3.8) is 0 Å². The summed E-state index contributed by atoms with van der Waals surface area (Å²) in [6.07, 6.45) is 1.58. The number of thiocarbonyl (C=S) groups is 1. The van der Waals surface area contributed by atoms with E-state index in [0.717, 1.165) is 5.56 Å². The van der Waals surface area contributed by atoms with Crippen LogP contribution in [0.15, 0.2) is 30.0 Å². The second-order valence-corrected chi connectivity index (χ2v) is 3.68. The number of hydrogen-bond acceptors (Lipinski definition) is 4. The Morgan fingerprint density at radius 1 is 1.38 bits per heavy atom. The highest BCUT2D eigenvalue weighted by Gasteiger charge is 2.29. The molecule has 0 radical (unpaired) electrons. The summed E-state index contributed by atoms with van der Waals surface area (Å²) in [5.41, 5.74) is 0.763. The molecule has 1 aliphatic heterocycles. The van der Waals surface area contributed by atoms with Crippen molar-refractivity contribution < 1.29 is 14.6 Å². The fourth-order valence-corrected chi connectivity index (χ4v) is 1.44. The molecule has 0 spiro atoms. The molecule has 1 heterocycles. The fourth-order valence-electron chi connectivity index (χ4n) is 1.27. The maximum atomic E-state index is 11.6. The van der Waals surface area contributed by atoms with Gasteiger partial charge in [-0.2, -0.15) is 0 Å². The number of rotatable bonds is 1. The highest BCUT2D eigenvalue weighted by molar-refractivity contribution is 7.80. The number of hydrogen-bond donors (Lipinski definition) is 1. The molecule has 0 aromatic heterocycles. The molecule has 1 amide bonds. The van der Waals surface area contributed by atoms with Crippen molar-refractivity contribution in [1.29, 1.82) is 0 Å². The van der Waals surface area contributed by atoms with Crippen molar-refractivity contribution in [1.82, 2.24) is 4.90 Å². The first-order valence-electron chi connectivity index (χ1n) is 4.58. The lowest BCUT2D eigenvalue weighted by Crippen LogP contribution is -2.22. The van der Waals surface area contributed by atoms with E-state index in [9.17, 15) is 4.79 Å². The van der Waals surface area contributed by atoms with Crippen LogP contribution in [0.3, 0.4) is 0 Å². The predicted molar refractivity (Wildman–Crippen MR) is 62.5 cm³/mol. The summed E-state index contributed by atoms with van der Waals surface area (Å²) in [5, 5.41) is 9.25. The molecule has 1 aromatic carbocycles. The van der Waals surface area contributed by atoms with Gasteiger partial charge < -0.3 is 9.84 Å². The van der Waals surface area contributed by atoms with E-state index in [4.69, 9.17) is 22.1 Å². The van der Waals surface area contributed by atoms with Crippen molar-refractivity contribution in [2.75, 3.05) is 7.05 Å². The van der Waals surface area contributed by atoms with E-state index in [0.29, 0.717) is 0 Å². The lowest BCUT2D eigenvalue weighted by Gasteiger charge is -2.00. The van der Waals surface area contributed by atoms with Gasteiger partial charge in [0.25, 0.3) is 11.1 Å². The van der Waals surface area contributed by atoms with Gasteiger partial charge in [0.2, 0.25) is 0 Å². The van der Waals surface area contributed by atoms with E-state index in [-0.39, 0.29) is 22.6 Å². The number of benzene rings is 1. The van der Waals surface area contributed by atoms with Crippen LogP contribution in [0.1, 0.15) is 5.56 Å². The summed E-state index contributed by atoms with van der Waals surface area (Å²) in [6.45, 7) is 0. The van der Waals surface area contributed by atoms with Crippen molar-refractivity contribution in [2.24, 2.45) is 0 Å². The Kier molecular flexibility index (Phi) is 2.62. The Balaban J connectivity index is 2.29. The molecule has 2 rings (SSSR count). The number of phenolic OH excluding ortho intramolecular Hbond substituents is 1. The SMILES string of the molecule is CN1C(=O)/C(=C\c2ccc(O)cc2)OC1=S. The summed E-state index contributed by atoms with van der Waals surface area (Å²) in [5.74, 6) is 0.102. The zero-order valence-corrected chi connectivity index (χ0v) is 9.32. The second-order valence-electron chi connectivity index (χ2n) is 3.33. The lowest BCUT2D eigenvalue weighted by molar-refractivity contribution is -0.122.